The molecular formula is C25H29F4N5O3S2. The number of aromatic nitrogens is 2. The highest BCUT2D eigenvalue weighted by molar-refractivity contribution is 8.00. The van der Waals surface area contributed by atoms with Crippen LogP contribution < -0.4 is 10.6 Å². The van der Waals surface area contributed by atoms with Crippen molar-refractivity contribution in [1.29, 1.82) is 0 Å². The number of rotatable bonds is 7. The first-order valence-corrected chi connectivity index (χ1v) is 14.2. The molecule has 0 unspecified atom stereocenters. The molecule has 0 saturated carbocycles. The van der Waals surface area contributed by atoms with E-state index in [9.17, 15) is 18.0 Å². The van der Waals surface area contributed by atoms with Crippen LogP contribution in [-0.2, 0) is 9.53 Å². The molecule has 39 heavy (non-hydrogen) atoms. The zero-order valence-electron chi connectivity index (χ0n) is 21.8. The van der Waals surface area contributed by atoms with Crippen molar-refractivity contribution < 1.29 is 31.6 Å². The number of methoxy groups -OCH3 is 1. The van der Waals surface area contributed by atoms with E-state index in [1.165, 1.54) is 7.11 Å². The molecule has 4 heterocycles. The molecule has 2 saturated heterocycles. The molecule has 4 atom stereocenters. The van der Waals surface area contributed by atoms with Crippen LogP contribution in [0.1, 0.15) is 45.5 Å². The topological polar surface area (TPSA) is 92.5 Å². The molecule has 5 rings (SSSR count). The maximum Gasteiger partial charge on any atom is 0.446 e. The fourth-order valence-corrected chi connectivity index (χ4v) is 7.08. The number of anilines is 1. The average molecular weight is 588 g/mol. The molecular weight excluding hydrogens is 558 g/mol. The smallest absolute Gasteiger partial charge is 0.378 e. The lowest BCUT2D eigenvalue weighted by Crippen LogP contribution is -2.50. The van der Waals surface area contributed by atoms with Crippen LogP contribution in [-0.4, -0.2) is 70.5 Å². The zero-order chi connectivity index (χ0) is 28.1. The van der Waals surface area contributed by atoms with Crippen molar-refractivity contribution in [1.82, 2.24) is 20.4 Å². The SMILES string of the molecule is CO[C@]1(C)C[C@H](c2nc(-c3sc4c(N[C@@H]5CCN(C(C)C)C[C@@H]5F)cccc4c3SC(F)(F)F)no2)NC1=O. The number of amides is 1. The van der Waals surface area contributed by atoms with Gasteiger partial charge in [-0.1, -0.05) is 17.3 Å². The minimum Gasteiger partial charge on any atom is -0.378 e. The molecule has 2 N–H and O–H groups in total. The summed E-state index contributed by atoms with van der Waals surface area (Å²) in [7, 11) is 1.42. The van der Waals surface area contributed by atoms with Gasteiger partial charge in [0.1, 0.15) is 17.8 Å². The number of hydrogen-bond acceptors (Lipinski definition) is 9. The predicted molar refractivity (Wildman–Crippen MR) is 142 cm³/mol. The highest BCUT2D eigenvalue weighted by Gasteiger charge is 2.46. The number of carbonyl (C=O) groups excluding carboxylic acids is 1. The van der Waals surface area contributed by atoms with Crippen molar-refractivity contribution in [2.75, 3.05) is 25.5 Å². The number of thioether (sulfide) groups is 1. The van der Waals surface area contributed by atoms with Crippen LogP contribution in [0.3, 0.4) is 0 Å². The molecule has 0 spiro atoms. The van der Waals surface area contributed by atoms with Gasteiger partial charge in [0.05, 0.1) is 21.3 Å². The number of piperidine rings is 1. The van der Waals surface area contributed by atoms with E-state index in [4.69, 9.17) is 9.26 Å². The molecule has 0 radical (unpaired) electrons. The molecule has 3 aromatic rings. The summed E-state index contributed by atoms with van der Waals surface area (Å²) in [4.78, 5) is 18.9. The lowest BCUT2D eigenvalue weighted by Gasteiger charge is -2.37. The second-order valence-electron chi connectivity index (χ2n) is 10.3. The van der Waals surface area contributed by atoms with Crippen molar-refractivity contribution in [2.45, 2.75) is 73.9 Å². The summed E-state index contributed by atoms with van der Waals surface area (Å²) in [5, 5.41) is 10.3. The molecule has 0 bridgehead atoms. The van der Waals surface area contributed by atoms with E-state index in [-0.39, 0.29) is 51.6 Å². The third-order valence-corrected chi connectivity index (χ3v) is 9.53. The van der Waals surface area contributed by atoms with Crippen molar-refractivity contribution in [3.8, 4) is 10.7 Å². The molecule has 2 aliphatic rings. The summed E-state index contributed by atoms with van der Waals surface area (Å²) in [6, 6.07) is 4.13. The summed E-state index contributed by atoms with van der Waals surface area (Å²) in [5.41, 5.74) is -5.08. The zero-order valence-corrected chi connectivity index (χ0v) is 23.4. The standard InChI is InChI=1S/C25H29F4N5O3S2/c1-12(2)34-9-8-15(14(26)11-34)30-16-7-5-6-13-18(16)38-20(19(13)39-25(27,28)29)21-32-22(37-33-21)17-10-24(3,36-4)23(35)31-17/h5-7,12,14-15,17,30H,8-11H2,1-4H3,(H,31,35)/t14-,15+,17+,24+/m0/s1. The van der Waals surface area contributed by atoms with Crippen LogP contribution in [0.2, 0.25) is 0 Å². The largest absolute Gasteiger partial charge is 0.446 e. The fourth-order valence-electron chi connectivity index (χ4n) is 4.97. The Morgan fingerprint density at radius 2 is 2.13 bits per heavy atom. The quantitative estimate of drug-likeness (QED) is 0.266. The first-order valence-electron chi connectivity index (χ1n) is 12.5. The summed E-state index contributed by atoms with van der Waals surface area (Å²) < 4.78 is 67.3. The fraction of sp³-hybridized carbons (Fsp3) is 0.560. The summed E-state index contributed by atoms with van der Waals surface area (Å²) in [5.74, 6) is -0.279. The number of thiophene rings is 1. The number of nitrogens with one attached hydrogen (secondary N) is 2. The maximum absolute atomic E-state index is 15.0. The first-order chi connectivity index (χ1) is 18.4. The van der Waals surface area contributed by atoms with E-state index >= 15 is 4.39 Å². The molecule has 212 valence electrons. The van der Waals surface area contributed by atoms with Crippen molar-refractivity contribution >= 4 is 44.8 Å². The predicted octanol–water partition coefficient (Wildman–Crippen LogP) is 5.76. The molecule has 14 heteroatoms. The third kappa shape index (κ3) is 5.61. The number of fused-ring (bicyclic) bond motifs is 1. The average Bonchev–Trinajstić information content (AvgIpc) is 3.56. The van der Waals surface area contributed by atoms with E-state index in [1.807, 2.05) is 13.8 Å². The number of carbonyl (C=O) groups is 1. The lowest BCUT2D eigenvalue weighted by molar-refractivity contribution is -0.136. The molecule has 2 aromatic heterocycles. The summed E-state index contributed by atoms with van der Waals surface area (Å²) in [6.45, 7) is 6.69. The highest BCUT2D eigenvalue weighted by atomic mass is 32.2. The van der Waals surface area contributed by atoms with Crippen molar-refractivity contribution in [3.63, 3.8) is 0 Å². The molecule has 2 fully saturated rings. The monoisotopic (exact) mass is 587 g/mol. The van der Waals surface area contributed by atoms with Crippen molar-refractivity contribution in [2.24, 2.45) is 0 Å². The van der Waals surface area contributed by atoms with Crippen LogP contribution in [0.15, 0.2) is 27.6 Å². The van der Waals surface area contributed by atoms with Gasteiger partial charge in [0, 0.05) is 42.9 Å². The molecule has 8 nitrogen and oxygen atoms in total. The van der Waals surface area contributed by atoms with E-state index in [1.54, 1.807) is 25.1 Å². The Morgan fingerprint density at radius 1 is 1.36 bits per heavy atom. The van der Waals surface area contributed by atoms with Gasteiger partial charge < -0.3 is 19.9 Å². The minimum absolute atomic E-state index is 0.0159. The van der Waals surface area contributed by atoms with Gasteiger partial charge >= 0.3 is 5.51 Å². The number of ether oxygens (including phenoxy) is 1. The number of halogens is 4. The number of likely N-dealkylation sites (tertiary alicyclic amines) is 1. The van der Waals surface area contributed by atoms with Gasteiger partial charge in [-0.15, -0.1) is 11.3 Å². The van der Waals surface area contributed by atoms with Crippen molar-refractivity contribution in [3.05, 3.63) is 24.1 Å². The number of hydrogen-bond donors (Lipinski definition) is 2. The van der Waals surface area contributed by atoms with Crippen LogP contribution in [0, 0.1) is 0 Å². The number of nitrogens with zero attached hydrogens (tertiary/aromatic N) is 3. The van der Waals surface area contributed by atoms with E-state index in [0.717, 1.165) is 17.9 Å². The van der Waals surface area contributed by atoms with Crippen LogP contribution in [0.4, 0.5) is 23.2 Å². The number of alkyl halides is 4. The second kappa shape index (κ2) is 10.5. The minimum atomic E-state index is -4.56. The van der Waals surface area contributed by atoms with Crippen LogP contribution in [0.25, 0.3) is 20.8 Å². The van der Waals surface area contributed by atoms with Gasteiger partial charge in [-0.05, 0) is 45.0 Å². The van der Waals surface area contributed by atoms with Crippen LogP contribution in [0.5, 0.6) is 0 Å². The lowest BCUT2D eigenvalue weighted by atomic mass is 10.0. The van der Waals surface area contributed by atoms with Gasteiger partial charge in [0.25, 0.3) is 5.91 Å². The Hall–Kier alpha value is -2.42. The summed E-state index contributed by atoms with van der Waals surface area (Å²) >= 11 is 0.840. The Balaban J connectivity index is 1.49. The Kier molecular flexibility index (Phi) is 7.59. The third-order valence-electron chi connectivity index (χ3n) is 7.30. The Bertz CT molecular complexity index is 1360. The summed E-state index contributed by atoms with van der Waals surface area (Å²) in [6.07, 6.45) is -0.326. The van der Waals surface area contributed by atoms with Crippen LogP contribution >= 0.6 is 23.1 Å². The van der Waals surface area contributed by atoms with Gasteiger partial charge in [-0.3, -0.25) is 9.69 Å². The highest BCUT2D eigenvalue weighted by Crippen LogP contribution is 2.51. The van der Waals surface area contributed by atoms with E-state index in [0.29, 0.717) is 28.7 Å². The molecule has 1 aromatic carbocycles. The number of benzene rings is 1. The first kappa shape index (κ1) is 28.1. The second-order valence-corrected chi connectivity index (χ2v) is 12.4. The van der Waals surface area contributed by atoms with Gasteiger partial charge in [-0.2, -0.15) is 18.2 Å². The molecule has 0 aliphatic carbocycles. The normalized spacial score (nSPS) is 26.5. The Labute approximate surface area is 230 Å². The van der Waals surface area contributed by atoms with Gasteiger partial charge in [0.15, 0.2) is 0 Å². The van der Waals surface area contributed by atoms with Gasteiger partial charge in [-0.25, -0.2) is 4.39 Å². The maximum atomic E-state index is 15.0. The van der Waals surface area contributed by atoms with E-state index in [2.05, 4.69) is 25.7 Å². The molecule has 2 aliphatic heterocycles. The molecule has 1 amide bonds. The van der Waals surface area contributed by atoms with Gasteiger partial charge in [0.2, 0.25) is 11.7 Å². The Morgan fingerprint density at radius 3 is 2.77 bits per heavy atom. The van der Waals surface area contributed by atoms with E-state index < -0.39 is 29.4 Å².